The van der Waals surface area contributed by atoms with Crippen LogP contribution in [0.4, 0.5) is 15.3 Å². The Labute approximate surface area is 271 Å². The Morgan fingerprint density at radius 2 is 1.51 bits per heavy atom. The van der Waals surface area contributed by atoms with Gasteiger partial charge < -0.3 is 19.1 Å². The standard InChI is InChI=1S/C34H32N3O9P/c1-36-18-31(45-33(36)38)27-14-12-26(17-35-27)25-13-15-28-30(16-25)41-21-29-32(46-34(39)37(28)29)22-44-47(40,42-19-23-8-4-2-5-9-23)43-20-24-10-6-3-7-11-24/h2-17,29,31-32H,18-22H2,1H3. The molecule has 3 unspecified atom stereocenters. The van der Waals surface area contributed by atoms with Gasteiger partial charge in [-0.3, -0.25) is 23.5 Å². The molecule has 2 amide bonds. The van der Waals surface area contributed by atoms with Gasteiger partial charge in [-0.25, -0.2) is 14.2 Å². The first-order valence-corrected chi connectivity index (χ1v) is 16.6. The first-order valence-electron chi connectivity index (χ1n) is 15.1. The SMILES string of the molecule is CN1CC(c2ccc(-c3ccc4c(c3)OCC3C(COP(=O)(OCc5ccccc5)OCc5ccccc5)OC(=O)N43)cn2)OC1=O. The summed E-state index contributed by atoms with van der Waals surface area (Å²) in [6.45, 7) is 0.364. The normalized spacial score (nSPS) is 20.3. The summed E-state index contributed by atoms with van der Waals surface area (Å²) in [5.41, 5.74) is 4.48. The molecule has 0 N–H and O–H groups in total. The molecule has 0 bridgehead atoms. The van der Waals surface area contributed by atoms with E-state index in [9.17, 15) is 14.2 Å². The van der Waals surface area contributed by atoms with E-state index < -0.39 is 32.2 Å². The number of rotatable bonds is 11. The number of likely N-dealkylation sites (N-methyl/N-ethyl adjacent to an activating group) is 1. The smallest absolute Gasteiger partial charge is 0.475 e. The third kappa shape index (κ3) is 6.72. The molecule has 4 heterocycles. The van der Waals surface area contributed by atoms with Crippen LogP contribution in [0.5, 0.6) is 5.75 Å². The molecule has 1 aromatic heterocycles. The highest BCUT2D eigenvalue weighted by Gasteiger charge is 2.48. The van der Waals surface area contributed by atoms with E-state index in [4.69, 9.17) is 27.8 Å². The van der Waals surface area contributed by atoms with Gasteiger partial charge in [0.2, 0.25) is 0 Å². The second-order valence-electron chi connectivity index (χ2n) is 11.3. The third-order valence-electron chi connectivity index (χ3n) is 8.14. The Hall–Kier alpha value is -4.74. The summed E-state index contributed by atoms with van der Waals surface area (Å²) in [6.07, 6.45) is -0.423. The minimum atomic E-state index is -4.08. The van der Waals surface area contributed by atoms with E-state index in [1.54, 1.807) is 19.3 Å². The van der Waals surface area contributed by atoms with Crippen molar-refractivity contribution in [3.05, 3.63) is 114 Å². The molecule has 2 saturated heterocycles. The molecule has 0 saturated carbocycles. The maximum absolute atomic E-state index is 13.8. The number of fused-ring (bicyclic) bond motifs is 3. The number of aromatic nitrogens is 1. The molecule has 47 heavy (non-hydrogen) atoms. The van der Waals surface area contributed by atoms with Gasteiger partial charge in [0, 0.05) is 18.8 Å². The number of amides is 2. The predicted molar refractivity (Wildman–Crippen MR) is 170 cm³/mol. The van der Waals surface area contributed by atoms with Crippen LogP contribution in [0.25, 0.3) is 11.1 Å². The van der Waals surface area contributed by atoms with E-state index in [1.165, 1.54) is 9.80 Å². The van der Waals surface area contributed by atoms with E-state index in [-0.39, 0.29) is 32.5 Å². The van der Waals surface area contributed by atoms with Crippen LogP contribution in [0, 0.1) is 0 Å². The largest absolute Gasteiger partial charge is 0.489 e. The third-order valence-corrected chi connectivity index (χ3v) is 9.50. The van der Waals surface area contributed by atoms with E-state index >= 15 is 0 Å². The first-order chi connectivity index (χ1) is 22.8. The molecule has 3 aromatic carbocycles. The molecule has 13 heteroatoms. The summed E-state index contributed by atoms with van der Waals surface area (Å²) in [4.78, 5) is 32.4. The molecule has 242 valence electrons. The van der Waals surface area contributed by atoms with Crippen molar-refractivity contribution in [1.29, 1.82) is 0 Å². The summed E-state index contributed by atoms with van der Waals surface area (Å²) in [5.74, 6) is 0.510. The number of anilines is 1. The number of hydrogen-bond donors (Lipinski definition) is 0. The van der Waals surface area contributed by atoms with Crippen molar-refractivity contribution in [2.45, 2.75) is 31.5 Å². The van der Waals surface area contributed by atoms with Crippen molar-refractivity contribution in [2.75, 3.05) is 31.7 Å². The Kier molecular flexibility index (Phi) is 8.66. The summed E-state index contributed by atoms with van der Waals surface area (Å²) in [5, 5.41) is 0. The molecule has 7 rings (SSSR count). The minimum Gasteiger partial charge on any atom is -0.489 e. The number of benzene rings is 3. The van der Waals surface area contributed by atoms with Gasteiger partial charge in [0.1, 0.15) is 18.4 Å². The Bertz CT molecular complexity index is 1740. The molecule has 3 aliphatic heterocycles. The fourth-order valence-electron chi connectivity index (χ4n) is 5.58. The van der Waals surface area contributed by atoms with Crippen LogP contribution in [-0.4, -0.2) is 61.0 Å². The van der Waals surface area contributed by atoms with Crippen molar-refractivity contribution < 1.29 is 41.9 Å². The lowest BCUT2D eigenvalue weighted by Crippen LogP contribution is -2.45. The van der Waals surface area contributed by atoms with Crippen LogP contribution in [0.15, 0.2) is 97.2 Å². The van der Waals surface area contributed by atoms with Crippen molar-refractivity contribution in [3.8, 4) is 16.9 Å². The Morgan fingerprint density at radius 1 is 0.830 bits per heavy atom. The number of phosphoric ester groups is 1. The molecule has 3 atom stereocenters. The minimum absolute atomic E-state index is 0.00929. The number of ether oxygens (including phenoxy) is 3. The van der Waals surface area contributed by atoms with Gasteiger partial charge in [-0.2, -0.15) is 0 Å². The molecule has 2 fully saturated rings. The Morgan fingerprint density at radius 3 is 2.13 bits per heavy atom. The molecule has 4 aromatic rings. The quantitative estimate of drug-likeness (QED) is 0.165. The number of carbonyl (C=O) groups excluding carboxylic acids is 2. The van der Waals surface area contributed by atoms with E-state index in [0.717, 1.165) is 22.3 Å². The molecule has 0 radical (unpaired) electrons. The number of hydrogen-bond acceptors (Lipinski definition) is 10. The van der Waals surface area contributed by atoms with Crippen LogP contribution < -0.4 is 9.64 Å². The van der Waals surface area contributed by atoms with Crippen molar-refractivity contribution >= 4 is 25.7 Å². The number of nitrogens with zero attached hydrogens (tertiary/aromatic N) is 3. The second-order valence-corrected chi connectivity index (χ2v) is 13.0. The fraction of sp³-hybridized carbons (Fsp3) is 0.265. The molecule has 12 nitrogen and oxygen atoms in total. The van der Waals surface area contributed by atoms with E-state index in [0.29, 0.717) is 23.7 Å². The first kappa shape index (κ1) is 30.9. The van der Waals surface area contributed by atoms with E-state index in [1.807, 2.05) is 84.9 Å². The zero-order valence-corrected chi connectivity index (χ0v) is 26.4. The molecular weight excluding hydrogens is 625 g/mol. The summed E-state index contributed by atoms with van der Waals surface area (Å²) >= 11 is 0. The topological polar surface area (TPSA) is 126 Å². The highest BCUT2D eigenvalue weighted by atomic mass is 31.2. The molecule has 0 aliphatic carbocycles. The summed E-state index contributed by atoms with van der Waals surface area (Å²) < 4.78 is 48.1. The van der Waals surface area contributed by atoms with Gasteiger partial charge in [-0.15, -0.1) is 0 Å². The van der Waals surface area contributed by atoms with Crippen molar-refractivity contribution in [3.63, 3.8) is 0 Å². The maximum atomic E-state index is 13.8. The highest BCUT2D eigenvalue weighted by molar-refractivity contribution is 7.48. The number of cyclic esters (lactones) is 2. The fourth-order valence-corrected chi connectivity index (χ4v) is 6.75. The van der Waals surface area contributed by atoms with Gasteiger partial charge in [-0.1, -0.05) is 72.8 Å². The van der Waals surface area contributed by atoms with E-state index in [2.05, 4.69) is 4.98 Å². The van der Waals surface area contributed by atoms with Gasteiger partial charge >= 0.3 is 20.0 Å². The van der Waals surface area contributed by atoms with Crippen molar-refractivity contribution in [2.24, 2.45) is 0 Å². The Balaban J connectivity index is 1.03. The average molecular weight is 658 g/mol. The highest BCUT2D eigenvalue weighted by Crippen LogP contribution is 2.52. The predicted octanol–water partition coefficient (Wildman–Crippen LogP) is 6.52. The number of pyridine rings is 1. The zero-order chi connectivity index (χ0) is 32.4. The second kappa shape index (κ2) is 13.2. The lowest BCUT2D eigenvalue weighted by atomic mass is 10.0. The van der Waals surface area contributed by atoms with Gasteiger partial charge in [-0.05, 0) is 34.9 Å². The van der Waals surface area contributed by atoms with Gasteiger partial charge in [0.15, 0.2) is 12.2 Å². The lowest BCUT2D eigenvalue weighted by molar-refractivity contribution is 0.0460. The zero-order valence-electron chi connectivity index (χ0n) is 25.5. The number of carbonyl (C=O) groups is 2. The van der Waals surface area contributed by atoms with Crippen LogP contribution in [-0.2, 0) is 40.8 Å². The molecule has 0 spiro atoms. The van der Waals surface area contributed by atoms with Crippen LogP contribution in [0.1, 0.15) is 22.9 Å². The summed E-state index contributed by atoms with van der Waals surface area (Å²) in [7, 11) is -2.39. The van der Waals surface area contributed by atoms with Crippen LogP contribution >= 0.6 is 7.82 Å². The van der Waals surface area contributed by atoms with Crippen LogP contribution in [0.2, 0.25) is 0 Å². The maximum Gasteiger partial charge on any atom is 0.475 e. The lowest BCUT2D eigenvalue weighted by Gasteiger charge is -2.31. The van der Waals surface area contributed by atoms with Crippen molar-refractivity contribution in [1.82, 2.24) is 9.88 Å². The molecular formula is C34H32N3O9P. The number of phosphoric acid groups is 1. The average Bonchev–Trinajstić information content (AvgIpc) is 3.63. The van der Waals surface area contributed by atoms with Gasteiger partial charge in [0.05, 0.1) is 37.7 Å². The van der Waals surface area contributed by atoms with Crippen LogP contribution in [0.3, 0.4) is 0 Å². The molecule has 3 aliphatic rings. The monoisotopic (exact) mass is 657 g/mol. The summed E-state index contributed by atoms with van der Waals surface area (Å²) in [6, 6.07) is 27.3. The van der Waals surface area contributed by atoms with Gasteiger partial charge in [0.25, 0.3) is 0 Å².